The van der Waals surface area contributed by atoms with Crippen molar-refractivity contribution in [3.63, 3.8) is 0 Å². The minimum absolute atomic E-state index is 0.0122. The molecule has 0 aliphatic heterocycles. The number of aromatic hydroxyl groups is 1. The summed E-state index contributed by atoms with van der Waals surface area (Å²) >= 11 is 0. The molecule has 1 rings (SSSR count). The van der Waals surface area contributed by atoms with Crippen molar-refractivity contribution in [2.45, 2.75) is 19.1 Å². The number of phenolic OH excluding ortho intramolecular Hbond substituents is 1. The van der Waals surface area contributed by atoms with Gasteiger partial charge in [-0.25, -0.2) is 12.8 Å². The molecule has 0 aliphatic rings. The summed E-state index contributed by atoms with van der Waals surface area (Å²) in [6.07, 6.45) is 0.548. The molecular formula is C9H10ClFO3S. The molecule has 0 fully saturated rings. The highest BCUT2D eigenvalue weighted by Crippen LogP contribution is 2.26. The second-order valence-corrected chi connectivity index (χ2v) is 5.90. The SMILES string of the molecule is CCc1cc(F)c(O)c(CS(=O)(=O)Cl)c1. The molecule has 0 radical (unpaired) electrons. The second-order valence-electron chi connectivity index (χ2n) is 3.12. The summed E-state index contributed by atoms with van der Waals surface area (Å²) in [6.45, 7) is 1.80. The molecule has 1 N–H and O–H groups in total. The lowest BCUT2D eigenvalue weighted by molar-refractivity contribution is 0.427. The fraction of sp³-hybridized carbons (Fsp3) is 0.333. The van der Waals surface area contributed by atoms with Crippen LogP contribution in [-0.2, 0) is 21.2 Å². The first kappa shape index (κ1) is 12.3. The molecule has 1 aromatic carbocycles. The van der Waals surface area contributed by atoms with Gasteiger partial charge in [0, 0.05) is 16.2 Å². The Labute approximate surface area is 91.9 Å². The molecule has 0 atom stereocenters. The standard InChI is InChI=1S/C9H10ClFO3S/c1-2-6-3-7(5-15(10,13)14)9(12)8(11)4-6/h3-4,12H,2,5H2,1H3. The van der Waals surface area contributed by atoms with Gasteiger partial charge in [-0.3, -0.25) is 0 Å². The largest absolute Gasteiger partial charge is 0.505 e. The van der Waals surface area contributed by atoms with Crippen molar-refractivity contribution in [1.82, 2.24) is 0 Å². The molecular weight excluding hydrogens is 243 g/mol. The molecule has 0 aliphatic carbocycles. The van der Waals surface area contributed by atoms with E-state index in [2.05, 4.69) is 0 Å². The van der Waals surface area contributed by atoms with Crippen LogP contribution in [-0.4, -0.2) is 13.5 Å². The average Bonchev–Trinajstić information content (AvgIpc) is 2.10. The van der Waals surface area contributed by atoms with Crippen molar-refractivity contribution < 1.29 is 17.9 Å². The zero-order valence-electron chi connectivity index (χ0n) is 8.00. The van der Waals surface area contributed by atoms with Crippen molar-refractivity contribution in [3.8, 4) is 5.75 Å². The van der Waals surface area contributed by atoms with Gasteiger partial charge in [-0.05, 0) is 18.1 Å². The molecule has 1 aromatic rings. The maximum absolute atomic E-state index is 13.1. The van der Waals surface area contributed by atoms with Crippen LogP contribution >= 0.6 is 10.7 Å². The quantitative estimate of drug-likeness (QED) is 0.839. The summed E-state index contributed by atoms with van der Waals surface area (Å²) in [5.74, 6) is -2.06. The first-order chi connectivity index (χ1) is 6.83. The fourth-order valence-corrected chi connectivity index (χ4v) is 2.16. The highest BCUT2D eigenvalue weighted by atomic mass is 35.7. The summed E-state index contributed by atoms with van der Waals surface area (Å²) in [4.78, 5) is 0. The molecule has 15 heavy (non-hydrogen) atoms. The Morgan fingerprint density at radius 2 is 2.07 bits per heavy atom. The maximum atomic E-state index is 13.1. The summed E-state index contributed by atoms with van der Waals surface area (Å²) in [5.41, 5.74) is 0.600. The summed E-state index contributed by atoms with van der Waals surface area (Å²) in [5, 5.41) is 9.28. The van der Waals surface area contributed by atoms with E-state index in [1.807, 2.05) is 0 Å². The summed E-state index contributed by atoms with van der Waals surface area (Å²) in [7, 11) is 1.23. The van der Waals surface area contributed by atoms with Crippen LogP contribution in [0, 0.1) is 5.82 Å². The van der Waals surface area contributed by atoms with E-state index in [1.54, 1.807) is 6.92 Å². The third kappa shape index (κ3) is 3.35. The van der Waals surface area contributed by atoms with Crippen molar-refractivity contribution in [2.75, 3.05) is 0 Å². The molecule has 0 saturated carbocycles. The van der Waals surface area contributed by atoms with Gasteiger partial charge in [-0.1, -0.05) is 13.0 Å². The molecule has 0 aromatic heterocycles. The zero-order chi connectivity index (χ0) is 11.6. The van der Waals surface area contributed by atoms with Crippen LogP contribution in [0.1, 0.15) is 18.1 Å². The lowest BCUT2D eigenvalue weighted by Gasteiger charge is -2.06. The Kier molecular flexibility index (Phi) is 3.57. The van der Waals surface area contributed by atoms with E-state index < -0.39 is 26.4 Å². The number of phenols is 1. The third-order valence-electron chi connectivity index (χ3n) is 1.94. The van der Waals surface area contributed by atoms with Crippen LogP contribution in [0.4, 0.5) is 4.39 Å². The van der Waals surface area contributed by atoms with Gasteiger partial charge in [0.1, 0.15) is 0 Å². The first-order valence-corrected chi connectivity index (χ1v) is 6.74. The van der Waals surface area contributed by atoms with Gasteiger partial charge in [0.15, 0.2) is 11.6 Å². The number of halogens is 2. The Morgan fingerprint density at radius 1 is 1.47 bits per heavy atom. The highest BCUT2D eigenvalue weighted by Gasteiger charge is 2.15. The van der Waals surface area contributed by atoms with Crippen LogP contribution in [0.2, 0.25) is 0 Å². The van der Waals surface area contributed by atoms with Gasteiger partial charge in [-0.2, -0.15) is 0 Å². The van der Waals surface area contributed by atoms with Crippen LogP contribution in [0.3, 0.4) is 0 Å². The summed E-state index contributed by atoms with van der Waals surface area (Å²) < 4.78 is 34.7. The van der Waals surface area contributed by atoms with E-state index in [0.29, 0.717) is 12.0 Å². The van der Waals surface area contributed by atoms with E-state index in [-0.39, 0.29) is 5.56 Å². The number of aryl methyl sites for hydroxylation is 1. The average molecular weight is 253 g/mol. The Balaban J connectivity index is 3.22. The number of hydrogen-bond acceptors (Lipinski definition) is 3. The highest BCUT2D eigenvalue weighted by molar-refractivity contribution is 8.13. The van der Waals surface area contributed by atoms with E-state index in [0.717, 1.165) is 0 Å². The smallest absolute Gasteiger partial charge is 0.236 e. The Bertz CT molecular complexity index is 470. The van der Waals surface area contributed by atoms with Crippen LogP contribution in [0.5, 0.6) is 5.75 Å². The van der Waals surface area contributed by atoms with E-state index in [4.69, 9.17) is 10.7 Å². The Morgan fingerprint density at radius 3 is 2.53 bits per heavy atom. The number of rotatable bonds is 3. The molecule has 0 spiro atoms. The molecule has 0 amide bonds. The second kappa shape index (κ2) is 4.37. The molecule has 84 valence electrons. The van der Waals surface area contributed by atoms with Crippen LogP contribution < -0.4 is 0 Å². The van der Waals surface area contributed by atoms with Crippen LogP contribution in [0.15, 0.2) is 12.1 Å². The minimum atomic E-state index is -3.80. The topological polar surface area (TPSA) is 54.4 Å². The van der Waals surface area contributed by atoms with Gasteiger partial charge in [0.05, 0.1) is 5.75 Å². The predicted octanol–water partition coefficient (Wildman–Crippen LogP) is 2.16. The van der Waals surface area contributed by atoms with Crippen LogP contribution in [0.25, 0.3) is 0 Å². The minimum Gasteiger partial charge on any atom is -0.505 e. The van der Waals surface area contributed by atoms with Crippen molar-refractivity contribution in [2.24, 2.45) is 0 Å². The normalized spacial score (nSPS) is 11.7. The van der Waals surface area contributed by atoms with Crippen molar-refractivity contribution >= 4 is 19.7 Å². The molecule has 6 heteroatoms. The third-order valence-corrected chi connectivity index (χ3v) is 2.92. The zero-order valence-corrected chi connectivity index (χ0v) is 9.57. The van der Waals surface area contributed by atoms with E-state index >= 15 is 0 Å². The van der Waals surface area contributed by atoms with Gasteiger partial charge in [0.2, 0.25) is 9.05 Å². The number of hydrogen-bond donors (Lipinski definition) is 1. The number of benzene rings is 1. The Hall–Kier alpha value is -0.810. The summed E-state index contributed by atoms with van der Waals surface area (Å²) in [6, 6.07) is 2.60. The van der Waals surface area contributed by atoms with Gasteiger partial charge in [0.25, 0.3) is 0 Å². The van der Waals surface area contributed by atoms with Gasteiger partial charge >= 0.3 is 0 Å². The van der Waals surface area contributed by atoms with Crippen molar-refractivity contribution in [3.05, 3.63) is 29.1 Å². The lowest BCUT2D eigenvalue weighted by Crippen LogP contribution is -1.98. The molecule has 0 saturated heterocycles. The van der Waals surface area contributed by atoms with E-state index in [1.165, 1.54) is 12.1 Å². The van der Waals surface area contributed by atoms with Crippen molar-refractivity contribution in [1.29, 1.82) is 0 Å². The molecule has 0 bridgehead atoms. The molecule has 3 nitrogen and oxygen atoms in total. The lowest BCUT2D eigenvalue weighted by atomic mass is 10.1. The molecule has 0 unspecified atom stereocenters. The fourth-order valence-electron chi connectivity index (χ4n) is 1.22. The molecule has 0 heterocycles. The maximum Gasteiger partial charge on any atom is 0.236 e. The van der Waals surface area contributed by atoms with Gasteiger partial charge in [-0.15, -0.1) is 0 Å². The predicted molar refractivity (Wildman–Crippen MR) is 55.9 cm³/mol. The monoisotopic (exact) mass is 252 g/mol. The van der Waals surface area contributed by atoms with Gasteiger partial charge < -0.3 is 5.11 Å². The van der Waals surface area contributed by atoms with E-state index in [9.17, 15) is 17.9 Å². The first-order valence-electron chi connectivity index (χ1n) is 4.26.